The molecule has 0 amide bonds. The van der Waals surface area contributed by atoms with Crippen molar-refractivity contribution in [1.29, 1.82) is 0 Å². The second-order valence-corrected chi connectivity index (χ2v) is 5.61. The molecule has 1 saturated heterocycles. The number of rotatable bonds is 4. The van der Waals surface area contributed by atoms with Gasteiger partial charge < -0.3 is 11.1 Å². The van der Waals surface area contributed by atoms with Crippen LogP contribution in [0.4, 0.5) is 11.6 Å². The highest BCUT2D eigenvalue weighted by Gasteiger charge is 2.16. The van der Waals surface area contributed by atoms with Crippen molar-refractivity contribution in [3.8, 4) is 0 Å². The van der Waals surface area contributed by atoms with E-state index in [1.165, 1.54) is 17.9 Å². The summed E-state index contributed by atoms with van der Waals surface area (Å²) in [7, 11) is 0. The Labute approximate surface area is 107 Å². The molecule has 0 bridgehead atoms. The van der Waals surface area contributed by atoms with E-state index in [4.69, 9.17) is 5.73 Å². The summed E-state index contributed by atoms with van der Waals surface area (Å²) < 4.78 is 0. The van der Waals surface area contributed by atoms with Crippen molar-refractivity contribution in [3.05, 3.63) is 11.4 Å². The number of thioether (sulfide) groups is 1. The van der Waals surface area contributed by atoms with Crippen LogP contribution in [-0.2, 0) is 6.42 Å². The molecule has 2 heterocycles. The second kappa shape index (κ2) is 5.58. The Bertz CT molecular complexity index is 388. The van der Waals surface area contributed by atoms with Crippen LogP contribution in [0.5, 0.6) is 0 Å². The van der Waals surface area contributed by atoms with E-state index in [0.29, 0.717) is 5.82 Å². The number of aromatic nitrogens is 2. The zero-order chi connectivity index (χ0) is 12.3. The maximum atomic E-state index is 5.89. The van der Waals surface area contributed by atoms with Crippen LogP contribution >= 0.6 is 11.8 Å². The third-order valence-corrected chi connectivity index (χ3v) is 4.36. The lowest BCUT2D eigenvalue weighted by molar-refractivity contribution is 0.629. The molecule has 0 aliphatic carbocycles. The predicted octanol–water partition coefficient (Wildman–Crippen LogP) is 2.09. The Hall–Kier alpha value is -0.970. The summed E-state index contributed by atoms with van der Waals surface area (Å²) in [5.41, 5.74) is 6.85. The van der Waals surface area contributed by atoms with Crippen LogP contribution in [0.2, 0.25) is 0 Å². The summed E-state index contributed by atoms with van der Waals surface area (Å²) >= 11 is 2.03. The van der Waals surface area contributed by atoms with Gasteiger partial charge in [0.25, 0.3) is 0 Å². The van der Waals surface area contributed by atoms with Crippen LogP contribution < -0.4 is 11.1 Å². The monoisotopic (exact) mass is 252 g/mol. The molecule has 1 aliphatic rings. The van der Waals surface area contributed by atoms with E-state index in [9.17, 15) is 0 Å². The third kappa shape index (κ3) is 3.03. The summed E-state index contributed by atoms with van der Waals surface area (Å²) in [4.78, 5) is 8.76. The molecule has 17 heavy (non-hydrogen) atoms. The van der Waals surface area contributed by atoms with Crippen molar-refractivity contribution in [3.63, 3.8) is 0 Å². The Morgan fingerprint density at radius 2 is 2.29 bits per heavy atom. The number of nitrogens with two attached hydrogens (primary N) is 1. The first-order valence-corrected chi connectivity index (χ1v) is 7.30. The van der Waals surface area contributed by atoms with Crippen LogP contribution in [0.25, 0.3) is 0 Å². The van der Waals surface area contributed by atoms with Gasteiger partial charge in [-0.3, -0.25) is 0 Å². The Morgan fingerprint density at radius 3 is 2.94 bits per heavy atom. The van der Waals surface area contributed by atoms with Gasteiger partial charge in [0, 0.05) is 18.5 Å². The lowest BCUT2D eigenvalue weighted by Gasteiger charge is -2.14. The van der Waals surface area contributed by atoms with E-state index >= 15 is 0 Å². The lowest BCUT2D eigenvalue weighted by atomic mass is 10.1. The van der Waals surface area contributed by atoms with Gasteiger partial charge in [0.15, 0.2) is 0 Å². The van der Waals surface area contributed by atoms with Gasteiger partial charge in [-0.15, -0.1) is 0 Å². The molecular formula is C12H20N4S. The number of aryl methyl sites for hydroxylation is 1. The van der Waals surface area contributed by atoms with E-state index in [-0.39, 0.29) is 0 Å². The van der Waals surface area contributed by atoms with Gasteiger partial charge in [-0.1, -0.05) is 6.92 Å². The van der Waals surface area contributed by atoms with Gasteiger partial charge in [-0.25, -0.2) is 9.97 Å². The molecule has 3 N–H and O–H groups in total. The van der Waals surface area contributed by atoms with Gasteiger partial charge in [-0.2, -0.15) is 11.8 Å². The van der Waals surface area contributed by atoms with E-state index in [0.717, 1.165) is 36.1 Å². The fourth-order valence-corrected chi connectivity index (χ4v) is 3.18. The fraction of sp³-hybridized carbons (Fsp3) is 0.667. The Kier molecular flexibility index (Phi) is 4.10. The molecule has 0 spiro atoms. The molecule has 1 aromatic rings. The number of anilines is 2. The van der Waals surface area contributed by atoms with Gasteiger partial charge >= 0.3 is 0 Å². The van der Waals surface area contributed by atoms with Crippen molar-refractivity contribution in [2.75, 3.05) is 29.1 Å². The molecule has 0 aromatic carbocycles. The highest BCUT2D eigenvalue weighted by atomic mass is 32.2. The first-order chi connectivity index (χ1) is 8.20. The molecule has 5 heteroatoms. The molecule has 0 saturated carbocycles. The number of nitrogens with one attached hydrogen (secondary N) is 1. The van der Waals surface area contributed by atoms with Gasteiger partial charge in [0.05, 0.1) is 0 Å². The SMILES string of the molecule is CCc1nc(N)c(C)c(NCC2CCSC2)n1. The molecule has 1 unspecified atom stereocenters. The molecule has 94 valence electrons. The van der Waals surface area contributed by atoms with E-state index in [2.05, 4.69) is 15.3 Å². The summed E-state index contributed by atoms with van der Waals surface area (Å²) in [5.74, 6) is 5.63. The van der Waals surface area contributed by atoms with Gasteiger partial charge in [0.1, 0.15) is 17.5 Å². The molecule has 2 rings (SSSR count). The summed E-state index contributed by atoms with van der Waals surface area (Å²) in [6.45, 7) is 5.01. The predicted molar refractivity (Wildman–Crippen MR) is 74.5 cm³/mol. The molecule has 1 fully saturated rings. The zero-order valence-corrected chi connectivity index (χ0v) is 11.3. The summed E-state index contributed by atoms with van der Waals surface area (Å²) in [6, 6.07) is 0. The normalized spacial score (nSPS) is 19.5. The Morgan fingerprint density at radius 1 is 1.47 bits per heavy atom. The van der Waals surface area contributed by atoms with Crippen LogP contribution in [0.15, 0.2) is 0 Å². The van der Waals surface area contributed by atoms with Crippen LogP contribution in [0.1, 0.15) is 24.7 Å². The first-order valence-electron chi connectivity index (χ1n) is 6.15. The van der Waals surface area contributed by atoms with E-state index < -0.39 is 0 Å². The highest BCUT2D eigenvalue weighted by Crippen LogP contribution is 2.24. The van der Waals surface area contributed by atoms with E-state index in [1.54, 1.807) is 0 Å². The van der Waals surface area contributed by atoms with Crippen molar-refractivity contribution in [2.45, 2.75) is 26.7 Å². The van der Waals surface area contributed by atoms with Crippen molar-refractivity contribution >= 4 is 23.4 Å². The number of hydrogen-bond acceptors (Lipinski definition) is 5. The Balaban J connectivity index is 2.05. The molecule has 0 radical (unpaired) electrons. The smallest absolute Gasteiger partial charge is 0.134 e. The number of hydrogen-bond donors (Lipinski definition) is 2. The quantitative estimate of drug-likeness (QED) is 0.859. The number of nitrogen functional groups attached to an aromatic ring is 1. The number of nitrogens with zero attached hydrogens (tertiary/aromatic N) is 2. The van der Waals surface area contributed by atoms with Crippen LogP contribution in [0.3, 0.4) is 0 Å². The van der Waals surface area contributed by atoms with Crippen molar-refractivity contribution in [1.82, 2.24) is 9.97 Å². The third-order valence-electron chi connectivity index (χ3n) is 3.13. The van der Waals surface area contributed by atoms with Gasteiger partial charge in [-0.05, 0) is 30.8 Å². The summed E-state index contributed by atoms with van der Waals surface area (Å²) in [5, 5.41) is 3.43. The van der Waals surface area contributed by atoms with Gasteiger partial charge in [0.2, 0.25) is 0 Å². The standard InChI is InChI=1S/C12H20N4S/c1-3-10-15-11(13)8(2)12(16-10)14-6-9-4-5-17-7-9/h9H,3-7H2,1-2H3,(H3,13,14,15,16). The average molecular weight is 252 g/mol. The maximum Gasteiger partial charge on any atom is 0.134 e. The first kappa shape index (κ1) is 12.5. The lowest BCUT2D eigenvalue weighted by Crippen LogP contribution is -2.16. The molecular weight excluding hydrogens is 232 g/mol. The minimum absolute atomic E-state index is 0.597. The molecule has 1 aromatic heterocycles. The topological polar surface area (TPSA) is 63.8 Å². The highest BCUT2D eigenvalue weighted by molar-refractivity contribution is 7.99. The largest absolute Gasteiger partial charge is 0.383 e. The van der Waals surface area contributed by atoms with Crippen LogP contribution in [-0.4, -0.2) is 28.0 Å². The minimum atomic E-state index is 0.597. The molecule has 1 aliphatic heterocycles. The van der Waals surface area contributed by atoms with Crippen molar-refractivity contribution < 1.29 is 0 Å². The average Bonchev–Trinajstić information content (AvgIpc) is 2.84. The second-order valence-electron chi connectivity index (χ2n) is 4.46. The fourth-order valence-electron chi connectivity index (χ4n) is 1.90. The maximum absolute atomic E-state index is 5.89. The molecule has 1 atom stereocenters. The molecule has 4 nitrogen and oxygen atoms in total. The minimum Gasteiger partial charge on any atom is -0.383 e. The summed E-state index contributed by atoms with van der Waals surface area (Å²) in [6.07, 6.45) is 2.12. The van der Waals surface area contributed by atoms with E-state index in [1.807, 2.05) is 25.6 Å². The zero-order valence-electron chi connectivity index (χ0n) is 10.5. The van der Waals surface area contributed by atoms with Crippen molar-refractivity contribution in [2.24, 2.45) is 5.92 Å². The van der Waals surface area contributed by atoms with Crippen LogP contribution in [0, 0.1) is 12.8 Å².